The van der Waals surface area contributed by atoms with E-state index < -0.39 is 0 Å². The molecule has 1 atom stereocenters. The topological polar surface area (TPSA) is 84.7 Å². The van der Waals surface area contributed by atoms with Gasteiger partial charge >= 0.3 is 0 Å². The normalized spacial score (nSPS) is 23.9. The van der Waals surface area contributed by atoms with Crippen LogP contribution in [-0.2, 0) is 11.8 Å². The lowest BCUT2D eigenvalue weighted by atomic mass is 9.81. The van der Waals surface area contributed by atoms with Crippen LogP contribution in [0.4, 0.5) is 5.95 Å². The van der Waals surface area contributed by atoms with Crippen LogP contribution in [0.1, 0.15) is 26.2 Å². The van der Waals surface area contributed by atoms with Crippen LogP contribution in [0, 0.1) is 5.41 Å². The largest absolute Gasteiger partial charge is 0.316 e. The SMILES string of the molecule is CCCC1(C(=O)Nc2nnn(C)n2)CCNC1. The molecule has 1 aromatic heterocycles. The molecule has 2 heterocycles. The average molecular weight is 238 g/mol. The molecule has 17 heavy (non-hydrogen) atoms. The molecule has 0 radical (unpaired) electrons. The summed E-state index contributed by atoms with van der Waals surface area (Å²) in [4.78, 5) is 13.6. The second kappa shape index (κ2) is 4.79. The van der Waals surface area contributed by atoms with Crippen molar-refractivity contribution >= 4 is 11.9 Å². The van der Waals surface area contributed by atoms with Gasteiger partial charge in [-0.25, -0.2) is 0 Å². The van der Waals surface area contributed by atoms with Crippen molar-refractivity contribution < 1.29 is 4.79 Å². The maximum absolute atomic E-state index is 12.3. The van der Waals surface area contributed by atoms with Gasteiger partial charge in [-0.1, -0.05) is 18.4 Å². The first kappa shape index (κ1) is 12.0. The molecule has 2 N–H and O–H groups in total. The molecule has 2 rings (SSSR count). The number of aryl methyl sites for hydroxylation is 1. The zero-order valence-corrected chi connectivity index (χ0v) is 10.2. The molecule has 7 heteroatoms. The average Bonchev–Trinajstić information content (AvgIpc) is 2.89. The lowest BCUT2D eigenvalue weighted by molar-refractivity contribution is -0.125. The summed E-state index contributed by atoms with van der Waals surface area (Å²) in [5.74, 6) is 0.275. The second-order valence-corrected chi connectivity index (χ2v) is 4.51. The van der Waals surface area contributed by atoms with E-state index in [1.54, 1.807) is 7.05 Å². The first-order chi connectivity index (χ1) is 8.16. The first-order valence-corrected chi connectivity index (χ1v) is 5.92. The number of anilines is 1. The Labute approximate surface area is 100.0 Å². The number of tetrazole rings is 1. The summed E-state index contributed by atoms with van der Waals surface area (Å²) in [5, 5.41) is 17.4. The lowest BCUT2D eigenvalue weighted by Crippen LogP contribution is -2.38. The third kappa shape index (κ3) is 2.44. The zero-order valence-electron chi connectivity index (χ0n) is 10.2. The van der Waals surface area contributed by atoms with Gasteiger partial charge in [0.05, 0.1) is 12.5 Å². The van der Waals surface area contributed by atoms with Gasteiger partial charge in [-0.3, -0.25) is 10.1 Å². The number of rotatable bonds is 4. The fourth-order valence-corrected chi connectivity index (χ4v) is 2.31. The maximum Gasteiger partial charge on any atom is 0.270 e. The van der Waals surface area contributed by atoms with Crippen LogP contribution in [-0.4, -0.2) is 39.2 Å². The summed E-state index contributed by atoms with van der Waals surface area (Å²) < 4.78 is 0. The number of carbonyl (C=O) groups is 1. The molecular formula is C10H18N6O. The highest BCUT2D eigenvalue weighted by Crippen LogP contribution is 2.32. The molecule has 1 amide bonds. The highest BCUT2D eigenvalue weighted by Gasteiger charge is 2.40. The standard InChI is InChI=1S/C10H18N6O/c1-3-4-10(5-6-11-7-10)8(17)12-9-13-15-16(2)14-9/h11H,3-7H2,1-2H3,(H,12,14,17). The van der Waals surface area contributed by atoms with E-state index in [0.29, 0.717) is 0 Å². The van der Waals surface area contributed by atoms with Gasteiger partial charge < -0.3 is 5.32 Å². The fraction of sp³-hybridized carbons (Fsp3) is 0.800. The Bertz CT molecular complexity index is 395. The summed E-state index contributed by atoms with van der Waals surface area (Å²) in [6.45, 7) is 3.71. The number of hydrogen-bond acceptors (Lipinski definition) is 5. The van der Waals surface area contributed by atoms with Crippen molar-refractivity contribution in [1.29, 1.82) is 0 Å². The summed E-state index contributed by atoms with van der Waals surface area (Å²) in [5.41, 5.74) is -0.312. The number of aromatic nitrogens is 4. The molecule has 1 saturated heterocycles. The molecule has 0 aliphatic carbocycles. The molecular weight excluding hydrogens is 220 g/mol. The monoisotopic (exact) mass is 238 g/mol. The van der Waals surface area contributed by atoms with E-state index in [2.05, 4.69) is 33.0 Å². The van der Waals surface area contributed by atoms with Gasteiger partial charge in [0.15, 0.2) is 0 Å². The smallest absolute Gasteiger partial charge is 0.270 e. The number of carbonyl (C=O) groups excluding carboxylic acids is 1. The van der Waals surface area contributed by atoms with Crippen molar-refractivity contribution in [2.24, 2.45) is 12.5 Å². The highest BCUT2D eigenvalue weighted by atomic mass is 16.2. The molecule has 1 aliphatic rings. The Morgan fingerprint density at radius 2 is 2.47 bits per heavy atom. The summed E-state index contributed by atoms with van der Waals surface area (Å²) in [6.07, 6.45) is 2.74. The van der Waals surface area contributed by atoms with Crippen molar-refractivity contribution in [3.63, 3.8) is 0 Å². The van der Waals surface area contributed by atoms with Crippen LogP contribution in [0.2, 0.25) is 0 Å². The van der Waals surface area contributed by atoms with Crippen LogP contribution in [0.25, 0.3) is 0 Å². The van der Waals surface area contributed by atoms with E-state index in [1.165, 1.54) is 4.80 Å². The van der Waals surface area contributed by atoms with E-state index in [9.17, 15) is 4.79 Å². The number of nitrogens with zero attached hydrogens (tertiary/aromatic N) is 4. The van der Waals surface area contributed by atoms with E-state index >= 15 is 0 Å². The summed E-state index contributed by atoms with van der Waals surface area (Å²) in [7, 11) is 1.67. The maximum atomic E-state index is 12.3. The Hall–Kier alpha value is -1.50. The van der Waals surface area contributed by atoms with Crippen LogP contribution in [0.15, 0.2) is 0 Å². The Balaban J connectivity index is 2.06. The molecule has 1 aromatic rings. The summed E-state index contributed by atoms with van der Waals surface area (Å²) in [6, 6.07) is 0. The molecule has 0 aromatic carbocycles. The third-order valence-electron chi connectivity index (χ3n) is 3.19. The van der Waals surface area contributed by atoms with E-state index in [0.717, 1.165) is 32.4 Å². The molecule has 1 unspecified atom stereocenters. The first-order valence-electron chi connectivity index (χ1n) is 5.92. The van der Waals surface area contributed by atoms with Gasteiger partial charge in [0, 0.05) is 6.54 Å². The quantitative estimate of drug-likeness (QED) is 0.767. The van der Waals surface area contributed by atoms with Gasteiger partial charge in [-0.05, 0) is 24.6 Å². The minimum absolute atomic E-state index is 0.00245. The number of amides is 1. The minimum atomic E-state index is -0.312. The van der Waals surface area contributed by atoms with Crippen molar-refractivity contribution in [2.45, 2.75) is 26.2 Å². The number of hydrogen-bond donors (Lipinski definition) is 2. The Morgan fingerprint density at radius 3 is 3.00 bits per heavy atom. The molecule has 0 spiro atoms. The predicted molar refractivity (Wildman–Crippen MR) is 62.3 cm³/mol. The van der Waals surface area contributed by atoms with Gasteiger partial charge in [0.2, 0.25) is 5.91 Å². The second-order valence-electron chi connectivity index (χ2n) is 4.51. The van der Waals surface area contributed by atoms with Crippen molar-refractivity contribution in [2.75, 3.05) is 18.4 Å². The van der Waals surface area contributed by atoms with Crippen molar-refractivity contribution in [3.8, 4) is 0 Å². The molecule has 7 nitrogen and oxygen atoms in total. The Kier molecular flexibility index (Phi) is 3.37. The Morgan fingerprint density at radius 1 is 1.65 bits per heavy atom. The zero-order chi connectivity index (χ0) is 12.3. The van der Waals surface area contributed by atoms with Crippen LogP contribution in [0.3, 0.4) is 0 Å². The predicted octanol–water partition coefficient (Wildman–Crippen LogP) is -0.0716. The van der Waals surface area contributed by atoms with E-state index in [-0.39, 0.29) is 17.3 Å². The van der Waals surface area contributed by atoms with Crippen LogP contribution >= 0.6 is 0 Å². The molecule has 1 fully saturated rings. The fourth-order valence-electron chi connectivity index (χ4n) is 2.31. The molecule has 1 aliphatic heterocycles. The molecule has 94 valence electrons. The van der Waals surface area contributed by atoms with E-state index in [1.807, 2.05) is 0 Å². The highest BCUT2D eigenvalue weighted by molar-refractivity contribution is 5.94. The van der Waals surface area contributed by atoms with Gasteiger partial charge in [0.25, 0.3) is 5.95 Å². The van der Waals surface area contributed by atoms with Crippen LogP contribution in [0.5, 0.6) is 0 Å². The molecule has 0 bridgehead atoms. The third-order valence-corrected chi connectivity index (χ3v) is 3.19. The number of nitrogens with one attached hydrogen (secondary N) is 2. The summed E-state index contributed by atoms with van der Waals surface area (Å²) >= 11 is 0. The van der Waals surface area contributed by atoms with Crippen molar-refractivity contribution in [3.05, 3.63) is 0 Å². The van der Waals surface area contributed by atoms with Gasteiger partial charge in [-0.15, -0.1) is 5.10 Å². The van der Waals surface area contributed by atoms with Gasteiger partial charge in [-0.2, -0.15) is 4.80 Å². The van der Waals surface area contributed by atoms with E-state index in [4.69, 9.17) is 0 Å². The lowest BCUT2D eigenvalue weighted by Gasteiger charge is -2.25. The van der Waals surface area contributed by atoms with Gasteiger partial charge in [0.1, 0.15) is 0 Å². The van der Waals surface area contributed by atoms with Crippen LogP contribution < -0.4 is 10.6 Å². The molecule has 0 saturated carbocycles. The minimum Gasteiger partial charge on any atom is -0.316 e. The van der Waals surface area contributed by atoms with Crippen molar-refractivity contribution in [1.82, 2.24) is 25.5 Å².